The molecule has 0 unspecified atom stereocenters. The van der Waals surface area contributed by atoms with E-state index in [0.29, 0.717) is 44.0 Å². The number of hydrogen-bond donors (Lipinski definition) is 0. The fourth-order valence-electron chi connectivity index (χ4n) is 4.89. The number of carbonyl (C=O) groups is 1. The quantitative estimate of drug-likeness (QED) is 0.463. The third-order valence-electron chi connectivity index (χ3n) is 6.73. The summed E-state index contributed by atoms with van der Waals surface area (Å²) in [6.45, 7) is 5.65. The number of imidazole rings is 1. The lowest BCUT2D eigenvalue weighted by atomic mass is 9.98. The van der Waals surface area contributed by atoms with Gasteiger partial charge in [0.2, 0.25) is 0 Å². The first-order valence-corrected chi connectivity index (χ1v) is 12.5. The van der Waals surface area contributed by atoms with Crippen LogP contribution in [0.25, 0.3) is 11.8 Å². The molecule has 3 heterocycles. The Morgan fingerprint density at radius 3 is 2.65 bits per heavy atom. The Kier molecular flexibility index (Phi) is 6.99. The number of allylic oxidation sites excluding steroid dienone is 1. The molecule has 0 atom stereocenters. The van der Waals surface area contributed by atoms with E-state index in [1.807, 2.05) is 42.0 Å². The number of nitrogens with zero attached hydrogens (tertiary/aromatic N) is 4. The molecule has 8 heteroatoms. The van der Waals surface area contributed by atoms with Gasteiger partial charge in [0.1, 0.15) is 29.7 Å². The average Bonchev–Trinajstić information content (AvgIpc) is 3.33. The molecule has 1 fully saturated rings. The second-order valence-corrected chi connectivity index (χ2v) is 9.20. The molecular weight excluding hydrogens is 471 g/mol. The van der Waals surface area contributed by atoms with E-state index in [4.69, 9.17) is 9.47 Å². The largest absolute Gasteiger partial charge is 0.495 e. The number of aryl methyl sites for hydroxylation is 1. The van der Waals surface area contributed by atoms with Crippen LogP contribution in [0.2, 0.25) is 0 Å². The van der Waals surface area contributed by atoms with Gasteiger partial charge in [-0.3, -0.25) is 14.8 Å². The van der Waals surface area contributed by atoms with Crippen molar-refractivity contribution in [1.29, 1.82) is 0 Å². The Hall–Kier alpha value is -4.07. The summed E-state index contributed by atoms with van der Waals surface area (Å²) in [6, 6.07) is 12.4. The van der Waals surface area contributed by atoms with E-state index in [0.717, 1.165) is 40.3 Å². The molecule has 0 radical (unpaired) electrons. The predicted octanol–water partition coefficient (Wildman–Crippen LogP) is 5.45. The molecule has 2 aliphatic heterocycles. The lowest BCUT2D eigenvalue weighted by Crippen LogP contribution is -2.49. The SMILES string of the molecule is CCC1=C2C(=Cc3ccc(-n4cnc(C)c4)c(OC)c3)OCCN2N(c2ccc(F)cc2)CCC(=O)C1. The molecule has 2 aromatic carbocycles. The molecule has 7 nitrogen and oxygen atoms in total. The van der Waals surface area contributed by atoms with Gasteiger partial charge in [-0.2, -0.15) is 0 Å². The molecule has 0 spiro atoms. The van der Waals surface area contributed by atoms with Crippen LogP contribution in [0.4, 0.5) is 10.1 Å². The van der Waals surface area contributed by atoms with Crippen molar-refractivity contribution in [2.45, 2.75) is 33.1 Å². The van der Waals surface area contributed by atoms with Crippen LogP contribution in [0.5, 0.6) is 5.75 Å². The molecule has 0 aliphatic carbocycles. The minimum atomic E-state index is -0.289. The maximum atomic E-state index is 13.7. The molecule has 0 N–H and O–H groups in total. The van der Waals surface area contributed by atoms with Crippen LogP contribution in [0.3, 0.4) is 0 Å². The third kappa shape index (κ3) is 5.09. The van der Waals surface area contributed by atoms with Crippen LogP contribution < -0.4 is 9.75 Å². The van der Waals surface area contributed by atoms with E-state index in [2.05, 4.69) is 21.9 Å². The van der Waals surface area contributed by atoms with Gasteiger partial charge in [0.25, 0.3) is 0 Å². The molecule has 0 bridgehead atoms. The number of Topliss-reactive ketones (excluding diaryl/α,β-unsaturated/α-hetero) is 1. The zero-order chi connectivity index (χ0) is 25.9. The highest BCUT2D eigenvalue weighted by Crippen LogP contribution is 2.35. The fraction of sp³-hybridized carbons (Fsp3) is 0.310. The smallest absolute Gasteiger partial charge is 0.145 e. The van der Waals surface area contributed by atoms with E-state index in [1.165, 1.54) is 12.1 Å². The van der Waals surface area contributed by atoms with Gasteiger partial charge in [-0.1, -0.05) is 13.0 Å². The van der Waals surface area contributed by atoms with Crippen LogP contribution in [0, 0.1) is 12.7 Å². The first-order valence-electron chi connectivity index (χ1n) is 12.5. The van der Waals surface area contributed by atoms with Gasteiger partial charge in [0, 0.05) is 25.6 Å². The number of hydrazine groups is 1. The normalized spacial score (nSPS) is 17.4. The van der Waals surface area contributed by atoms with Crippen LogP contribution in [-0.2, 0) is 9.53 Å². The minimum Gasteiger partial charge on any atom is -0.495 e. The molecule has 2 aliphatic rings. The van der Waals surface area contributed by atoms with E-state index >= 15 is 0 Å². The topological polar surface area (TPSA) is 59.8 Å². The summed E-state index contributed by atoms with van der Waals surface area (Å²) >= 11 is 0. The Morgan fingerprint density at radius 1 is 1.14 bits per heavy atom. The number of ketones is 1. The van der Waals surface area contributed by atoms with Crippen LogP contribution in [-0.4, -0.2) is 47.1 Å². The number of rotatable bonds is 5. The summed E-state index contributed by atoms with van der Waals surface area (Å²) in [5.74, 6) is 1.31. The van der Waals surface area contributed by atoms with Crippen molar-refractivity contribution in [1.82, 2.24) is 14.6 Å². The first-order chi connectivity index (χ1) is 18.0. The average molecular weight is 503 g/mol. The maximum absolute atomic E-state index is 13.7. The number of morpholine rings is 1. The van der Waals surface area contributed by atoms with Crippen molar-refractivity contribution in [3.8, 4) is 11.4 Å². The van der Waals surface area contributed by atoms with Gasteiger partial charge < -0.3 is 14.0 Å². The van der Waals surface area contributed by atoms with Crippen molar-refractivity contribution in [2.75, 3.05) is 31.8 Å². The number of fused-ring (bicyclic) bond motifs is 1. The summed E-state index contributed by atoms with van der Waals surface area (Å²) in [5, 5.41) is 4.26. The summed E-state index contributed by atoms with van der Waals surface area (Å²) in [7, 11) is 1.65. The van der Waals surface area contributed by atoms with Gasteiger partial charge >= 0.3 is 0 Å². The number of carbonyl (C=O) groups excluding carboxylic acids is 1. The first kappa shape index (κ1) is 24.6. The third-order valence-corrected chi connectivity index (χ3v) is 6.73. The number of anilines is 1. The monoisotopic (exact) mass is 502 g/mol. The summed E-state index contributed by atoms with van der Waals surface area (Å²) in [4.78, 5) is 17.1. The molecule has 37 heavy (non-hydrogen) atoms. The molecule has 1 saturated heterocycles. The van der Waals surface area contributed by atoms with Crippen LogP contribution >= 0.6 is 0 Å². The summed E-state index contributed by atoms with van der Waals surface area (Å²) in [6.07, 6.45) is 7.25. The highest BCUT2D eigenvalue weighted by Gasteiger charge is 2.32. The number of hydrogen-bond acceptors (Lipinski definition) is 6. The molecule has 5 rings (SSSR count). The zero-order valence-electron chi connectivity index (χ0n) is 21.4. The minimum absolute atomic E-state index is 0.183. The van der Waals surface area contributed by atoms with E-state index in [1.54, 1.807) is 25.6 Å². The molecule has 0 amide bonds. The van der Waals surface area contributed by atoms with Gasteiger partial charge in [-0.15, -0.1) is 0 Å². The Bertz CT molecular complexity index is 1360. The molecule has 1 aromatic heterocycles. The number of methoxy groups -OCH3 is 1. The van der Waals surface area contributed by atoms with E-state index in [-0.39, 0.29) is 11.6 Å². The second-order valence-electron chi connectivity index (χ2n) is 9.20. The number of aromatic nitrogens is 2. The molecule has 192 valence electrons. The summed E-state index contributed by atoms with van der Waals surface area (Å²) in [5.41, 5.74) is 5.50. The van der Waals surface area contributed by atoms with Gasteiger partial charge in [-0.05, 0) is 67.0 Å². The molecular formula is C29H31FN4O3. The number of ether oxygens (including phenoxy) is 2. The molecule has 3 aromatic rings. The number of halogens is 1. The van der Waals surface area contributed by atoms with E-state index < -0.39 is 0 Å². The molecule has 0 saturated carbocycles. The van der Waals surface area contributed by atoms with Gasteiger partial charge in [0.15, 0.2) is 0 Å². The van der Waals surface area contributed by atoms with Crippen molar-refractivity contribution < 1.29 is 18.7 Å². The summed E-state index contributed by atoms with van der Waals surface area (Å²) < 4.78 is 27.5. The number of benzene rings is 2. The van der Waals surface area contributed by atoms with E-state index in [9.17, 15) is 9.18 Å². The fourth-order valence-corrected chi connectivity index (χ4v) is 4.89. The Morgan fingerprint density at radius 2 is 1.95 bits per heavy atom. The Labute approximate surface area is 216 Å². The zero-order valence-corrected chi connectivity index (χ0v) is 21.4. The lowest BCUT2D eigenvalue weighted by molar-refractivity contribution is -0.118. The van der Waals surface area contributed by atoms with Crippen LogP contribution in [0.15, 0.2) is 72.0 Å². The highest BCUT2D eigenvalue weighted by atomic mass is 19.1. The van der Waals surface area contributed by atoms with Gasteiger partial charge in [-0.25, -0.2) is 9.37 Å². The highest BCUT2D eigenvalue weighted by molar-refractivity contribution is 5.82. The second kappa shape index (κ2) is 10.5. The maximum Gasteiger partial charge on any atom is 0.145 e. The Balaban J connectivity index is 1.58. The van der Waals surface area contributed by atoms with Crippen molar-refractivity contribution in [3.05, 3.63) is 89.1 Å². The lowest BCUT2D eigenvalue weighted by Gasteiger charge is -2.44. The van der Waals surface area contributed by atoms with Crippen LogP contribution in [0.1, 0.15) is 37.4 Å². The van der Waals surface area contributed by atoms with Crippen molar-refractivity contribution >= 4 is 17.5 Å². The van der Waals surface area contributed by atoms with Crippen molar-refractivity contribution in [2.24, 2.45) is 0 Å². The predicted molar refractivity (Wildman–Crippen MR) is 141 cm³/mol. The van der Waals surface area contributed by atoms with Gasteiger partial charge in [0.05, 0.1) is 42.7 Å². The van der Waals surface area contributed by atoms with Crippen molar-refractivity contribution in [3.63, 3.8) is 0 Å². The standard InChI is InChI=1S/C29H31FN4O3/c1-4-22-17-25(35)11-12-33(24-8-6-23(30)7-9-24)34-13-14-37-28(29(22)34)16-21-5-10-26(27(15-21)36-3)32-18-20(2)31-19-32/h5-10,15-16,18-19H,4,11-14,17H2,1-3H3.